The number of benzene rings is 1. The summed E-state index contributed by atoms with van der Waals surface area (Å²) in [6, 6.07) is 6.63. The summed E-state index contributed by atoms with van der Waals surface area (Å²) >= 11 is 0. The van der Waals surface area contributed by atoms with Crippen molar-refractivity contribution >= 4 is 17.6 Å². The van der Waals surface area contributed by atoms with Gasteiger partial charge in [0.05, 0.1) is 11.3 Å². The van der Waals surface area contributed by atoms with Gasteiger partial charge in [-0.2, -0.15) is 0 Å². The number of nitrogens with one attached hydrogen (secondary N) is 2. The van der Waals surface area contributed by atoms with Crippen LogP contribution in [0.2, 0.25) is 0 Å². The van der Waals surface area contributed by atoms with Crippen LogP contribution in [-0.2, 0) is 4.79 Å². The number of rotatable bonds is 4. The highest BCUT2D eigenvalue weighted by Gasteiger charge is 2.18. The molecule has 1 aliphatic heterocycles. The SMILES string of the molecule is O=C(CC1CCCN1)Nc1ccccc1C(=O)O. The first kappa shape index (κ1) is 12.6. The van der Waals surface area contributed by atoms with E-state index in [-0.39, 0.29) is 17.5 Å². The average Bonchev–Trinajstić information content (AvgIpc) is 2.82. The maximum atomic E-state index is 11.8. The van der Waals surface area contributed by atoms with E-state index in [0.717, 1.165) is 19.4 Å². The molecule has 1 aromatic carbocycles. The largest absolute Gasteiger partial charge is 0.478 e. The zero-order valence-electron chi connectivity index (χ0n) is 9.98. The molecule has 18 heavy (non-hydrogen) atoms. The Morgan fingerprint density at radius 1 is 1.39 bits per heavy atom. The molecule has 1 unspecified atom stereocenters. The van der Waals surface area contributed by atoms with Crippen molar-refractivity contribution in [1.29, 1.82) is 0 Å². The highest BCUT2D eigenvalue weighted by Crippen LogP contribution is 2.16. The van der Waals surface area contributed by atoms with Gasteiger partial charge in [0.25, 0.3) is 0 Å². The van der Waals surface area contributed by atoms with Crippen molar-refractivity contribution in [3.63, 3.8) is 0 Å². The molecular formula is C13H16N2O3. The van der Waals surface area contributed by atoms with E-state index >= 15 is 0 Å². The zero-order chi connectivity index (χ0) is 13.0. The van der Waals surface area contributed by atoms with Gasteiger partial charge >= 0.3 is 5.97 Å². The molecule has 5 nitrogen and oxygen atoms in total. The van der Waals surface area contributed by atoms with E-state index in [1.165, 1.54) is 6.07 Å². The summed E-state index contributed by atoms with van der Waals surface area (Å²) in [6.45, 7) is 0.948. The Kier molecular flexibility index (Phi) is 3.94. The van der Waals surface area contributed by atoms with Crippen molar-refractivity contribution in [2.24, 2.45) is 0 Å². The van der Waals surface area contributed by atoms with Gasteiger partial charge in [0.1, 0.15) is 0 Å². The molecule has 0 radical (unpaired) electrons. The molecule has 96 valence electrons. The number of carboxylic acids is 1. The molecule has 0 saturated carbocycles. The predicted octanol–water partition coefficient (Wildman–Crippen LogP) is 1.47. The van der Waals surface area contributed by atoms with E-state index in [0.29, 0.717) is 12.1 Å². The van der Waals surface area contributed by atoms with Crippen LogP contribution >= 0.6 is 0 Å². The maximum absolute atomic E-state index is 11.8. The highest BCUT2D eigenvalue weighted by molar-refractivity contribution is 6.00. The van der Waals surface area contributed by atoms with Crippen LogP contribution in [0.25, 0.3) is 0 Å². The zero-order valence-corrected chi connectivity index (χ0v) is 9.98. The Balaban J connectivity index is 2.00. The topological polar surface area (TPSA) is 78.4 Å². The molecule has 1 aliphatic rings. The van der Waals surface area contributed by atoms with Crippen molar-refractivity contribution in [2.75, 3.05) is 11.9 Å². The van der Waals surface area contributed by atoms with Crippen molar-refractivity contribution in [3.05, 3.63) is 29.8 Å². The standard InChI is InChI=1S/C13H16N2O3/c16-12(8-9-4-3-7-14-9)15-11-6-2-1-5-10(11)13(17)18/h1-2,5-6,9,14H,3-4,7-8H2,(H,15,16)(H,17,18). The van der Waals surface area contributed by atoms with Crippen LogP contribution < -0.4 is 10.6 Å². The summed E-state index contributed by atoms with van der Waals surface area (Å²) in [7, 11) is 0. The van der Waals surface area contributed by atoms with Gasteiger partial charge in [-0.3, -0.25) is 4.79 Å². The molecule has 0 aliphatic carbocycles. The fourth-order valence-corrected chi connectivity index (χ4v) is 2.13. The molecule has 1 heterocycles. The lowest BCUT2D eigenvalue weighted by molar-refractivity contribution is -0.116. The van der Waals surface area contributed by atoms with Crippen molar-refractivity contribution in [3.8, 4) is 0 Å². The van der Waals surface area contributed by atoms with E-state index in [1.807, 2.05) is 0 Å². The first-order valence-electron chi connectivity index (χ1n) is 6.02. The van der Waals surface area contributed by atoms with Gasteiger partial charge < -0.3 is 15.7 Å². The molecule has 3 N–H and O–H groups in total. The summed E-state index contributed by atoms with van der Waals surface area (Å²) < 4.78 is 0. The summed E-state index contributed by atoms with van der Waals surface area (Å²) in [4.78, 5) is 22.8. The summed E-state index contributed by atoms with van der Waals surface area (Å²) in [6.07, 6.45) is 2.46. The third kappa shape index (κ3) is 3.07. The van der Waals surface area contributed by atoms with Gasteiger partial charge in [-0.1, -0.05) is 12.1 Å². The Hall–Kier alpha value is -1.88. The van der Waals surface area contributed by atoms with Gasteiger partial charge in [0, 0.05) is 12.5 Å². The van der Waals surface area contributed by atoms with Crippen LogP contribution in [0.4, 0.5) is 5.69 Å². The molecule has 1 saturated heterocycles. The minimum absolute atomic E-state index is 0.116. The van der Waals surface area contributed by atoms with Crippen molar-refractivity contribution in [1.82, 2.24) is 5.32 Å². The van der Waals surface area contributed by atoms with Crippen LogP contribution in [0.5, 0.6) is 0 Å². The van der Waals surface area contributed by atoms with Gasteiger partial charge in [0.2, 0.25) is 5.91 Å². The normalized spacial score (nSPS) is 18.6. The third-order valence-electron chi connectivity index (χ3n) is 3.03. The molecule has 0 aromatic heterocycles. The Bertz CT molecular complexity index is 453. The highest BCUT2D eigenvalue weighted by atomic mass is 16.4. The molecule has 1 amide bonds. The second kappa shape index (κ2) is 5.64. The molecule has 1 aromatic rings. The fourth-order valence-electron chi connectivity index (χ4n) is 2.13. The number of aromatic carboxylic acids is 1. The van der Waals surface area contributed by atoms with Crippen LogP contribution in [0, 0.1) is 0 Å². The molecule has 5 heteroatoms. The van der Waals surface area contributed by atoms with Gasteiger partial charge in [-0.15, -0.1) is 0 Å². The first-order valence-corrected chi connectivity index (χ1v) is 6.02. The van der Waals surface area contributed by atoms with Crippen LogP contribution in [0.3, 0.4) is 0 Å². The second-order valence-electron chi connectivity index (χ2n) is 4.40. The maximum Gasteiger partial charge on any atom is 0.337 e. The van der Waals surface area contributed by atoms with Crippen LogP contribution in [0.15, 0.2) is 24.3 Å². The lowest BCUT2D eigenvalue weighted by Crippen LogP contribution is -2.27. The van der Waals surface area contributed by atoms with Crippen molar-refractivity contribution in [2.45, 2.75) is 25.3 Å². The number of hydrogen-bond donors (Lipinski definition) is 3. The molecule has 2 rings (SSSR count). The Labute approximate surface area is 105 Å². The molecule has 0 spiro atoms. The number of carbonyl (C=O) groups excluding carboxylic acids is 1. The van der Waals surface area contributed by atoms with E-state index < -0.39 is 5.97 Å². The minimum Gasteiger partial charge on any atom is -0.478 e. The minimum atomic E-state index is -1.04. The second-order valence-corrected chi connectivity index (χ2v) is 4.40. The number of carboxylic acid groups (broad SMARTS) is 1. The first-order chi connectivity index (χ1) is 8.66. The van der Waals surface area contributed by atoms with E-state index in [2.05, 4.69) is 10.6 Å². The monoisotopic (exact) mass is 248 g/mol. The molecule has 0 bridgehead atoms. The quantitative estimate of drug-likeness (QED) is 0.754. The third-order valence-corrected chi connectivity index (χ3v) is 3.03. The van der Waals surface area contributed by atoms with Crippen LogP contribution in [0.1, 0.15) is 29.6 Å². The Morgan fingerprint density at radius 2 is 2.17 bits per heavy atom. The lowest BCUT2D eigenvalue weighted by Gasteiger charge is -2.11. The van der Waals surface area contributed by atoms with Gasteiger partial charge in [-0.05, 0) is 31.5 Å². The van der Waals surface area contributed by atoms with Gasteiger partial charge in [-0.25, -0.2) is 4.79 Å². The number of carbonyl (C=O) groups is 2. The van der Waals surface area contributed by atoms with E-state index in [4.69, 9.17) is 5.11 Å². The smallest absolute Gasteiger partial charge is 0.337 e. The van der Waals surface area contributed by atoms with E-state index in [1.54, 1.807) is 18.2 Å². The molecular weight excluding hydrogens is 232 g/mol. The lowest BCUT2D eigenvalue weighted by atomic mass is 10.1. The predicted molar refractivity (Wildman–Crippen MR) is 67.7 cm³/mol. The van der Waals surface area contributed by atoms with Crippen LogP contribution in [-0.4, -0.2) is 29.6 Å². The van der Waals surface area contributed by atoms with Gasteiger partial charge in [0.15, 0.2) is 0 Å². The van der Waals surface area contributed by atoms with Crippen molar-refractivity contribution < 1.29 is 14.7 Å². The average molecular weight is 248 g/mol. The summed E-state index contributed by atoms with van der Waals surface area (Å²) in [5.74, 6) is -1.19. The number of amides is 1. The van der Waals surface area contributed by atoms with E-state index in [9.17, 15) is 9.59 Å². The number of hydrogen-bond acceptors (Lipinski definition) is 3. The number of anilines is 1. The fraction of sp³-hybridized carbons (Fsp3) is 0.385. The Morgan fingerprint density at radius 3 is 2.83 bits per heavy atom. The molecule has 1 fully saturated rings. The summed E-state index contributed by atoms with van der Waals surface area (Å²) in [5, 5.41) is 14.9. The molecule has 1 atom stereocenters. The summed E-state index contributed by atoms with van der Waals surface area (Å²) in [5.41, 5.74) is 0.471. The number of para-hydroxylation sites is 1.